The summed E-state index contributed by atoms with van der Waals surface area (Å²) in [7, 11) is 4.23. The predicted molar refractivity (Wildman–Crippen MR) is 62.6 cm³/mol. The van der Waals surface area contributed by atoms with E-state index in [-0.39, 0.29) is 19.5 Å². The van der Waals surface area contributed by atoms with Crippen molar-refractivity contribution in [3.8, 4) is 0 Å². The van der Waals surface area contributed by atoms with E-state index in [1.54, 1.807) is 0 Å². The molecule has 0 bridgehead atoms. The van der Waals surface area contributed by atoms with Crippen LogP contribution in [0.3, 0.4) is 0 Å². The van der Waals surface area contributed by atoms with Crippen LogP contribution in [0.5, 0.6) is 0 Å². The Morgan fingerprint density at radius 3 is 1.44 bits per heavy atom. The smallest absolute Gasteiger partial charge is 0.545 e. The van der Waals surface area contributed by atoms with Crippen LogP contribution in [0.15, 0.2) is 0 Å². The van der Waals surface area contributed by atoms with Crippen LogP contribution in [-0.2, 0) is 33.9 Å². The molecule has 16 heavy (non-hydrogen) atoms. The summed E-state index contributed by atoms with van der Waals surface area (Å²) in [6, 6.07) is 0. The first kappa shape index (κ1) is 29.6. The number of carbonyl (C=O) groups excluding carboxylic acids is 3. The fraction of sp³-hybridized carbons (Fsp3) is 0.636. The van der Waals surface area contributed by atoms with Gasteiger partial charge in [0.05, 0.1) is 0 Å². The minimum atomic E-state index is 0. The monoisotopic (exact) mass is 317 g/mol. The SMILES string of the molecule is C[C-](C)CCCN(C)C.[CH-]=O.[CH-]=O.[CH-]=O.[Ru+4]. The molecule has 0 aliphatic rings. The van der Waals surface area contributed by atoms with E-state index < -0.39 is 0 Å². The first-order valence-corrected chi connectivity index (χ1v) is 4.27. The number of hydrogen-bond acceptors (Lipinski definition) is 4. The van der Waals surface area contributed by atoms with Crippen LogP contribution in [-0.4, -0.2) is 45.9 Å². The third-order valence-corrected chi connectivity index (χ3v) is 1.28. The standard InChI is InChI=1S/C8H18N.3CHO.Ru/c1-8(2)6-5-7-9(3)4;3*1-2;/h5-7H2,1-4H3;3*1H;/q4*-1;+4. The van der Waals surface area contributed by atoms with Crippen LogP contribution in [0.25, 0.3) is 0 Å². The van der Waals surface area contributed by atoms with Gasteiger partial charge in [-0.05, 0) is 20.6 Å². The molecular formula is C11H21NO3Ru. The van der Waals surface area contributed by atoms with Crippen LogP contribution in [0.2, 0.25) is 0 Å². The van der Waals surface area contributed by atoms with Gasteiger partial charge in [-0.25, -0.2) is 0 Å². The second kappa shape index (κ2) is 36.5. The van der Waals surface area contributed by atoms with Gasteiger partial charge in [0.2, 0.25) is 0 Å². The molecule has 0 N–H and O–H groups in total. The number of nitrogens with zero attached hydrogens (tertiary/aromatic N) is 1. The van der Waals surface area contributed by atoms with Crippen molar-refractivity contribution >= 4 is 20.4 Å². The molecule has 0 aromatic rings. The summed E-state index contributed by atoms with van der Waals surface area (Å²) in [5.41, 5.74) is 0. The van der Waals surface area contributed by atoms with Crippen molar-refractivity contribution in [1.82, 2.24) is 4.90 Å². The molecule has 0 atom stereocenters. The van der Waals surface area contributed by atoms with Gasteiger partial charge in [-0.2, -0.15) is 20.3 Å². The van der Waals surface area contributed by atoms with Crippen LogP contribution >= 0.6 is 0 Å². The van der Waals surface area contributed by atoms with E-state index in [0.717, 1.165) is 0 Å². The maximum atomic E-state index is 7.75. The van der Waals surface area contributed by atoms with Gasteiger partial charge >= 0.3 is 19.5 Å². The van der Waals surface area contributed by atoms with Gasteiger partial charge in [0.15, 0.2) is 0 Å². The van der Waals surface area contributed by atoms with E-state index in [4.69, 9.17) is 14.4 Å². The Balaban J connectivity index is -0.0000000498. The Kier molecular flexibility index (Phi) is 67.5. The molecule has 0 aromatic heterocycles. The van der Waals surface area contributed by atoms with E-state index in [0.29, 0.717) is 0 Å². The largest absolute Gasteiger partial charge is 4.00 e. The molecular weight excluding hydrogens is 295 g/mol. The molecule has 5 heteroatoms. The molecule has 0 fully saturated rings. The number of rotatable bonds is 4. The van der Waals surface area contributed by atoms with Gasteiger partial charge in [0.1, 0.15) is 0 Å². The molecule has 0 aliphatic heterocycles. The Bertz CT molecular complexity index is 90.5. The third-order valence-electron chi connectivity index (χ3n) is 1.28. The van der Waals surface area contributed by atoms with Crippen molar-refractivity contribution in [3.05, 3.63) is 5.92 Å². The normalized spacial score (nSPS) is 7.12. The average Bonchev–Trinajstić information content (AvgIpc) is 2.25. The van der Waals surface area contributed by atoms with Gasteiger partial charge in [0, 0.05) is 0 Å². The van der Waals surface area contributed by atoms with Gasteiger partial charge in [-0.15, -0.1) is 0 Å². The summed E-state index contributed by atoms with van der Waals surface area (Å²) in [6.45, 7) is 15.3. The Hall–Kier alpha value is -0.407. The number of hydrogen-bond donors (Lipinski definition) is 0. The van der Waals surface area contributed by atoms with Gasteiger partial charge in [-0.3, -0.25) is 20.4 Å². The molecule has 0 aliphatic carbocycles. The van der Waals surface area contributed by atoms with E-state index in [2.05, 4.69) is 53.2 Å². The van der Waals surface area contributed by atoms with E-state index in [9.17, 15) is 0 Å². The maximum absolute atomic E-state index is 7.75. The molecule has 0 spiro atoms. The Labute approximate surface area is 113 Å². The molecule has 0 unspecified atom stereocenters. The topological polar surface area (TPSA) is 54.5 Å². The second-order valence-corrected chi connectivity index (χ2v) is 3.11. The first-order chi connectivity index (χ1) is 7.13. The Morgan fingerprint density at radius 2 is 1.25 bits per heavy atom. The average molecular weight is 316 g/mol. The van der Waals surface area contributed by atoms with E-state index in [1.165, 1.54) is 25.3 Å². The molecule has 0 saturated carbocycles. The second-order valence-electron chi connectivity index (χ2n) is 3.11. The summed E-state index contributed by atoms with van der Waals surface area (Å²) in [5, 5.41) is 0. The zero-order valence-corrected chi connectivity index (χ0v) is 12.1. The van der Waals surface area contributed by atoms with Crippen LogP contribution in [0, 0.1) is 5.92 Å². The molecule has 0 aromatic carbocycles. The zero-order chi connectivity index (χ0) is 13.3. The molecule has 4 nitrogen and oxygen atoms in total. The van der Waals surface area contributed by atoms with Crippen molar-refractivity contribution < 1.29 is 33.9 Å². The Morgan fingerprint density at radius 1 is 0.938 bits per heavy atom. The van der Waals surface area contributed by atoms with Gasteiger partial charge in [0.25, 0.3) is 0 Å². The quantitative estimate of drug-likeness (QED) is 0.443. The van der Waals surface area contributed by atoms with Crippen LogP contribution in [0.1, 0.15) is 26.7 Å². The fourth-order valence-corrected chi connectivity index (χ4v) is 0.749. The first-order valence-electron chi connectivity index (χ1n) is 4.27. The summed E-state index contributed by atoms with van der Waals surface area (Å²) in [6.07, 6.45) is 2.58. The molecule has 0 rings (SSSR count). The minimum Gasteiger partial charge on any atom is -0.545 e. The predicted octanol–water partition coefficient (Wildman–Crippen LogP) is 1.12. The van der Waals surface area contributed by atoms with Gasteiger partial charge in [-0.1, -0.05) is 6.42 Å². The molecule has 0 radical (unpaired) electrons. The molecule has 0 heterocycles. The fourth-order valence-electron chi connectivity index (χ4n) is 0.749. The van der Waals surface area contributed by atoms with E-state index in [1.807, 2.05) is 0 Å². The van der Waals surface area contributed by atoms with Crippen LogP contribution < -0.4 is 0 Å². The summed E-state index contributed by atoms with van der Waals surface area (Å²) >= 11 is 0. The summed E-state index contributed by atoms with van der Waals surface area (Å²) in [4.78, 5) is 25.5. The maximum Gasteiger partial charge on any atom is 4.00 e. The van der Waals surface area contributed by atoms with Crippen molar-refractivity contribution in [1.29, 1.82) is 0 Å². The van der Waals surface area contributed by atoms with Crippen molar-refractivity contribution in [3.63, 3.8) is 0 Å². The molecule has 96 valence electrons. The van der Waals surface area contributed by atoms with E-state index >= 15 is 0 Å². The van der Waals surface area contributed by atoms with Crippen molar-refractivity contribution in [2.24, 2.45) is 0 Å². The summed E-state index contributed by atoms with van der Waals surface area (Å²) < 4.78 is 0. The molecule has 0 amide bonds. The van der Waals surface area contributed by atoms with Crippen molar-refractivity contribution in [2.45, 2.75) is 26.7 Å². The van der Waals surface area contributed by atoms with Gasteiger partial charge < -0.3 is 25.2 Å². The minimum absolute atomic E-state index is 0. The van der Waals surface area contributed by atoms with Crippen LogP contribution in [0.4, 0.5) is 0 Å². The van der Waals surface area contributed by atoms with Crippen molar-refractivity contribution in [2.75, 3.05) is 20.6 Å². The molecule has 0 saturated heterocycles. The zero-order valence-electron chi connectivity index (χ0n) is 10.4. The third kappa shape index (κ3) is 68.9. The summed E-state index contributed by atoms with van der Waals surface area (Å²) in [5.74, 6) is 1.54.